The molecule has 18 heavy (non-hydrogen) atoms. The maximum atomic E-state index is 5.40. The SMILES string of the molecule is COC1CCN(c2cc(Br)nc(C3CC3)n2)CC1. The highest BCUT2D eigenvalue weighted by atomic mass is 79.9. The standard InChI is InChI=1S/C13H18BrN3O/c1-18-10-4-6-17(7-5-10)12-8-11(14)15-13(16-12)9-2-3-9/h8-10H,2-7H2,1H3. The Morgan fingerprint density at radius 1 is 1.22 bits per heavy atom. The molecule has 1 aliphatic carbocycles. The molecule has 1 saturated heterocycles. The van der Waals surface area contributed by atoms with Crippen molar-refractivity contribution in [3.63, 3.8) is 0 Å². The van der Waals surface area contributed by atoms with Gasteiger partial charge < -0.3 is 9.64 Å². The Morgan fingerprint density at radius 2 is 1.94 bits per heavy atom. The summed E-state index contributed by atoms with van der Waals surface area (Å²) in [7, 11) is 1.80. The van der Waals surface area contributed by atoms with Gasteiger partial charge in [-0.1, -0.05) is 0 Å². The zero-order valence-corrected chi connectivity index (χ0v) is 12.2. The number of anilines is 1. The van der Waals surface area contributed by atoms with Gasteiger partial charge in [-0.2, -0.15) is 0 Å². The summed E-state index contributed by atoms with van der Waals surface area (Å²) in [6.07, 6.45) is 5.05. The summed E-state index contributed by atoms with van der Waals surface area (Å²) in [6.45, 7) is 2.04. The van der Waals surface area contributed by atoms with E-state index in [9.17, 15) is 0 Å². The maximum Gasteiger partial charge on any atom is 0.135 e. The van der Waals surface area contributed by atoms with E-state index in [1.54, 1.807) is 7.11 Å². The Morgan fingerprint density at radius 3 is 2.56 bits per heavy atom. The van der Waals surface area contributed by atoms with Crippen molar-refractivity contribution >= 4 is 21.7 Å². The summed E-state index contributed by atoms with van der Waals surface area (Å²) in [5, 5.41) is 0. The van der Waals surface area contributed by atoms with E-state index in [2.05, 4.69) is 25.8 Å². The predicted molar refractivity (Wildman–Crippen MR) is 74.0 cm³/mol. The summed E-state index contributed by atoms with van der Waals surface area (Å²) in [5.41, 5.74) is 0. The van der Waals surface area contributed by atoms with Crippen LogP contribution in [0.4, 0.5) is 5.82 Å². The molecule has 0 atom stereocenters. The van der Waals surface area contributed by atoms with Crippen LogP contribution in [0.5, 0.6) is 0 Å². The minimum absolute atomic E-state index is 0.412. The lowest BCUT2D eigenvalue weighted by molar-refractivity contribution is 0.0818. The van der Waals surface area contributed by atoms with Crippen molar-refractivity contribution in [2.24, 2.45) is 0 Å². The van der Waals surface area contributed by atoms with Gasteiger partial charge in [0.05, 0.1) is 6.10 Å². The molecular formula is C13H18BrN3O. The molecule has 5 heteroatoms. The molecule has 4 nitrogen and oxygen atoms in total. The Bertz CT molecular complexity index is 428. The average Bonchev–Trinajstić information content (AvgIpc) is 3.22. The number of halogens is 1. The van der Waals surface area contributed by atoms with Crippen LogP contribution in [0.15, 0.2) is 10.7 Å². The van der Waals surface area contributed by atoms with E-state index in [0.717, 1.165) is 42.2 Å². The van der Waals surface area contributed by atoms with Crippen LogP contribution in [0.2, 0.25) is 0 Å². The molecule has 0 unspecified atom stereocenters. The fraction of sp³-hybridized carbons (Fsp3) is 0.692. The Kier molecular flexibility index (Phi) is 3.52. The van der Waals surface area contributed by atoms with Gasteiger partial charge in [0, 0.05) is 32.2 Å². The number of hydrogen-bond acceptors (Lipinski definition) is 4. The van der Waals surface area contributed by atoms with Crippen LogP contribution in [-0.2, 0) is 4.74 Å². The van der Waals surface area contributed by atoms with E-state index < -0.39 is 0 Å². The van der Waals surface area contributed by atoms with E-state index >= 15 is 0 Å². The zero-order valence-electron chi connectivity index (χ0n) is 10.6. The van der Waals surface area contributed by atoms with Gasteiger partial charge >= 0.3 is 0 Å². The van der Waals surface area contributed by atoms with Gasteiger partial charge in [0.2, 0.25) is 0 Å². The largest absolute Gasteiger partial charge is 0.381 e. The molecule has 98 valence electrons. The van der Waals surface area contributed by atoms with Crippen LogP contribution in [-0.4, -0.2) is 36.3 Å². The third-order valence-electron chi connectivity index (χ3n) is 3.74. The van der Waals surface area contributed by atoms with Crippen molar-refractivity contribution in [3.8, 4) is 0 Å². The third kappa shape index (κ3) is 2.67. The molecule has 1 saturated carbocycles. The van der Waals surface area contributed by atoms with Crippen LogP contribution in [0, 0.1) is 0 Å². The molecule has 1 aliphatic heterocycles. The van der Waals surface area contributed by atoms with Crippen molar-refractivity contribution in [2.75, 3.05) is 25.1 Å². The highest BCUT2D eigenvalue weighted by Gasteiger charge is 2.28. The maximum absolute atomic E-state index is 5.40. The number of aromatic nitrogens is 2. The molecule has 1 aromatic heterocycles. The lowest BCUT2D eigenvalue weighted by atomic mass is 10.1. The summed E-state index contributed by atoms with van der Waals surface area (Å²) < 4.78 is 6.31. The number of piperidine rings is 1. The minimum Gasteiger partial charge on any atom is -0.381 e. The number of nitrogens with zero attached hydrogens (tertiary/aromatic N) is 3. The molecule has 0 aromatic carbocycles. The predicted octanol–water partition coefficient (Wildman–Crippen LogP) is 2.73. The van der Waals surface area contributed by atoms with Crippen LogP contribution >= 0.6 is 15.9 Å². The third-order valence-corrected chi connectivity index (χ3v) is 4.15. The Balaban J connectivity index is 1.75. The van der Waals surface area contributed by atoms with Crippen molar-refractivity contribution < 1.29 is 4.74 Å². The van der Waals surface area contributed by atoms with Crippen molar-refractivity contribution in [3.05, 3.63) is 16.5 Å². The van der Waals surface area contributed by atoms with Gasteiger partial charge in [-0.25, -0.2) is 9.97 Å². The lowest BCUT2D eigenvalue weighted by Gasteiger charge is -2.32. The molecule has 2 heterocycles. The van der Waals surface area contributed by atoms with Crippen LogP contribution in [0.1, 0.15) is 37.4 Å². The highest BCUT2D eigenvalue weighted by molar-refractivity contribution is 9.10. The summed E-state index contributed by atoms with van der Waals surface area (Å²) in [4.78, 5) is 11.5. The van der Waals surface area contributed by atoms with Crippen molar-refractivity contribution in [1.82, 2.24) is 9.97 Å². The van der Waals surface area contributed by atoms with E-state index in [1.165, 1.54) is 12.8 Å². The normalized spacial score (nSPS) is 21.3. The second-order valence-corrected chi connectivity index (χ2v) is 5.92. The molecule has 0 spiro atoms. The monoisotopic (exact) mass is 311 g/mol. The van der Waals surface area contributed by atoms with Crippen molar-refractivity contribution in [2.45, 2.75) is 37.7 Å². The first-order valence-corrected chi connectivity index (χ1v) is 7.38. The summed E-state index contributed by atoms with van der Waals surface area (Å²) in [6, 6.07) is 2.03. The molecule has 0 N–H and O–H groups in total. The van der Waals surface area contributed by atoms with Gasteiger partial charge in [0.25, 0.3) is 0 Å². The first-order valence-electron chi connectivity index (χ1n) is 6.58. The topological polar surface area (TPSA) is 38.2 Å². The van der Waals surface area contributed by atoms with Gasteiger partial charge in [-0.15, -0.1) is 0 Å². The zero-order chi connectivity index (χ0) is 12.5. The van der Waals surface area contributed by atoms with Crippen LogP contribution in [0.3, 0.4) is 0 Å². The molecule has 0 radical (unpaired) electrons. The first kappa shape index (κ1) is 12.4. The fourth-order valence-corrected chi connectivity index (χ4v) is 2.82. The quantitative estimate of drug-likeness (QED) is 0.805. The van der Waals surface area contributed by atoms with E-state index in [4.69, 9.17) is 9.72 Å². The summed E-state index contributed by atoms with van der Waals surface area (Å²) in [5.74, 6) is 2.67. The first-order chi connectivity index (χ1) is 8.76. The smallest absolute Gasteiger partial charge is 0.135 e. The van der Waals surface area contributed by atoms with Gasteiger partial charge in [-0.05, 0) is 41.6 Å². The molecular weight excluding hydrogens is 294 g/mol. The summed E-state index contributed by atoms with van der Waals surface area (Å²) >= 11 is 3.50. The molecule has 3 rings (SSSR count). The molecule has 2 fully saturated rings. The fourth-order valence-electron chi connectivity index (χ4n) is 2.43. The lowest BCUT2D eigenvalue weighted by Crippen LogP contribution is -2.37. The van der Waals surface area contributed by atoms with E-state index in [1.807, 2.05) is 6.07 Å². The minimum atomic E-state index is 0.412. The molecule has 1 aromatic rings. The molecule has 0 amide bonds. The molecule has 2 aliphatic rings. The van der Waals surface area contributed by atoms with E-state index in [-0.39, 0.29) is 0 Å². The van der Waals surface area contributed by atoms with Crippen LogP contribution in [0.25, 0.3) is 0 Å². The Hall–Kier alpha value is -0.680. The second-order valence-electron chi connectivity index (χ2n) is 5.10. The van der Waals surface area contributed by atoms with Crippen LogP contribution < -0.4 is 4.90 Å². The van der Waals surface area contributed by atoms with Gasteiger partial charge in [-0.3, -0.25) is 0 Å². The van der Waals surface area contributed by atoms with Gasteiger partial charge in [0.15, 0.2) is 0 Å². The number of ether oxygens (including phenoxy) is 1. The Labute approximate surface area is 116 Å². The number of hydrogen-bond donors (Lipinski definition) is 0. The number of methoxy groups -OCH3 is 1. The molecule has 0 bridgehead atoms. The van der Waals surface area contributed by atoms with Gasteiger partial charge in [0.1, 0.15) is 16.2 Å². The van der Waals surface area contributed by atoms with Crippen molar-refractivity contribution in [1.29, 1.82) is 0 Å². The second kappa shape index (κ2) is 5.13. The number of rotatable bonds is 3. The highest BCUT2D eigenvalue weighted by Crippen LogP contribution is 2.39. The van der Waals surface area contributed by atoms with E-state index in [0.29, 0.717) is 12.0 Å². The average molecular weight is 312 g/mol.